The van der Waals surface area contributed by atoms with Gasteiger partial charge in [0.05, 0.1) is 0 Å². The lowest BCUT2D eigenvalue weighted by atomic mass is 10.2. The van der Waals surface area contributed by atoms with Crippen LogP contribution >= 0.6 is 0 Å². The van der Waals surface area contributed by atoms with Crippen molar-refractivity contribution >= 4 is 12.0 Å². The molecule has 0 spiro atoms. The van der Waals surface area contributed by atoms with Crippen molar-refractivity contribution in [3.63, 3.8) is 0 Å². The predicted octanol–water partition coefficient (Wildman–Crippen LogP) is 2.48. The Kier molecular flexibility index (Phi) is 5.99. The number of nitrogens with zero attached hydrogens (tertiary/aromatic N) is 1. The van der Waals surface area contributed by atoms with Crippen LogP contribution in [0.3, 0.4) is 0 Å². The van der Waals surface area contributed by atoms with Crippen molar-refractivity contribution < 1.29 is 9.90 Å². The topological polar surface area (TPSA) is 61.1 Å². The van der Waals surface area contributed by atoms with Gasteiger partial charge in [0, 0.05) is 0 Å². The fraction of sp³-hybridized carbons (Fsp3) is 0. The molecular weight excluding hydrogens is 190 g/mol. The summed E-state index contributed by atoms with van der Waals surface area (Å²) in [6.07, 6.45) is 1.83. The normalized spacial score (nSPS) is 7.67. The zero-order chi connectivity index (χ0) is 11.7. The van der Waals surface area contributed by atoms with Gasteiger partial charge in [-0.1, -0.05) is 49.6 Å². The van der Waals surface area contributed by atoms with Gasteiger partial charge >= 0.3 is 5.97 Å². The maximum atomic E-state index is 9.61. The van der Waals surface area contributed by atoms with Gasteiger partial charge in [-0.25, -0.2) is 4.79 Å². The monoisotopic (exact) mass is 201 g/mol. The molecule has 3 heteroatoms. The minimum atomic E-state index is -1.26. The highest BCUT2D eigenvalue weighted by Crippen LogP contribution is 1.97. The first-order valence-electron chi connectivity index (χ1n) is 4.11. The third kappa shape index (κ3) is 5.83. The van der Waals surface area contributed by atoms with Crippen LogP contribution < -0.4 is 0 Å². The van der Waals surface area contributed by atoms with Crippen LogP contribution in [0.1, 0.15) is 5.56 Å². The van der Waals surface area contributed by atoms with Gasteiger partial charge in [-0.05, 0) is 5.56 Å². The van der Waals surface area contributed by atoms with Gasteiger partial charge < -0.3 is 5.11 Å². The van der Waals surface area contributed by atoms with Crippen molar-refractivity contribution in [2.24, 2.45) is 0 Å². The van der Waals surface area contributed by atoms with Gasteiger partial charge in [0.1, 0.15) is 11.6 Å². The molecule has 0 bridgehead atoms. The summed E-state index contributed by atoms with van der Waals surface area (Å²) in [4.78, 5) is 9.61. The van der Waals surface area contributed by atoms with E-state index in [0.29, 0.717) is 0 Å². The summed E-state index contributed by atoms with van der Waals surface area (Å²) in [7, 11) is 0. The molecule has 0 saturated heterocycles. The smallest absolute Gasteiger partial charge is 0.345 e. The van der Waals surface area contributed by atoms with E-state index >= 15 is 0 Å². The minimum absolute atomic E-state index is 0.431. The molecule has 76 valence electrons. The van der Waals surface area contributed by atoms with Crippen LogP contribution in [-0.4, -0.2) is 11.1 Å². The third-order valence-corrected chi connectivity index (χ3v) is 1.43. The van der Waals surface area contributed by atoms with Gasteiger partial charge in [0.2, 0.25) is 0 Å². The second-order valence-corrected chi connectivity index (χ2v) is 2.51. The summed E-state index contributed by atoms with van der Waals surface area (Å²) in [5, 5.41) is 15.6. The van der Waals surface area contributed by atoms with Crippen LogP contribution in [0.4, 0.5) is 0 Å². The van der Waals surface area contributed by atoms with E-state index in [1.165, 1.54) is 11.6 Å². The number of carboxylic acid groups (broad SMARTS) is 1. The Morgan fingerprint density at radius 2 is 1.93 bits per heavy atom. The zero-order valence-electron chi connectivity index (χ0n) is 8.18. The Morgan fingerprint density at radius 1 is 1.40 bits per heavy atom. The van der Waals surface area contributed by atoms with Gasteiger partial charge in [-0.2, -0.15) is 5.26 Å². The number of benzene rings is 1. The highest BCUT2D eigenvalue weighted by atomic mass is 16.4. The van der Waals surface area contributed by atoms with Gasteiger partial charge in [0.25, 0.3) is 0 Å². The van der Waals surface area contributed by atoms with E-state index in [4.69, 9.17) is 10.4 Å². The Balaban J connectivity index is 0.000000265. The van der Waals surface area contributed by atoms with Crippen LogP contribution in [0.15, 0.2) is 49.1 Å². The lowest BCUT2D eigenvalue weighted by Gasteiger charge is -1.85. The van der Waals surface area contributed by atoms with Gasteiger partial charge in [0.15, 0.2) is 0 Å². The van der Waals surface area contributed by atoms with Gasteiger partial charge in [-0.3, -0.25) is 0 Å². The van der Waals surface area contributed by atoms with E-state index < -0.39 is 11.5 Å². The van der Waals surface area contributed by atoms with Crippen molar-refractivity contribution in [3.05, 3.63) is 54.6 Å². The van der Waals surface area contributed by atoms with E-state index in [9.17, 15) is 4.79 Å². The summed E-state index contributed by atoms with van der Waals surface area (Å²) < 4.78 is 0. The molecule has 0 aromatic heterocycles. The number of hydrogen-bond donors (Lipinski definition) is 1. The molecule has 0 unspecified atom stereocenters. The largest absolute Gasteiger partial charge is 0.477 e. The molecule has 0 heterocycles. The predicted molar refractivity (Wildman–Crippen MR) is 58.9 cm³/mol. The van der Waals surface area contributed by atoms with E-state index in [0.717, 1.165) is 0 Å². The number of hydrogen-bond acceptors (Lipinski definition) is 2. The fourth-order valence-electron chi connectivity index (χ4n) is 0.637. The minimum Gasteiger partial charge on any atom is -0.477 e. The SMILES string of the molecule is C=C(C#N)C(=O)O.C=Cc1ccccc1. The lowest BCUT2D eigenvalue weighted by molar-refractivity contribution is -0.132. The van der Waals surface area contributed by atoms with Crippen molar-refractivity contribution in [2.75, 3.05) is 0 Å². The first-order valence-corrected chi connectivity index (χ1v) is 4.11. The van der Waals surface area contributed by atoms with E-state index in [1.807, 2.05) is 36.4 Å². The molecule has 3 nitrogen and oxygen atoms in total. The second-order valence-electron chi connectivity index (χ2n) is 2.51. The number of aliphatic carboxylic acids is 1. The summed E-state index contributed by atoms with van der Waals surface area (Å²) in [5.41, 5.74) is 0.743. The molecule has 1 aromatic rings. The van der Waals surface area contributed by atoms with E-state index in [2.05, 4.69) is 13.2 Å². The number of carbonyl (C=O) groups is 1. The van der Waals surface area contributed by atoms with Crippen LogP contribution in [0.5, 0.6) is 0 Å². The Bertz CT molecular complexity index is 388. The molecule has 0 saturated carbocycles. The molecule has 0 aliphatic heterocycles. The van der Waals surface area contributed by atoms with Crippen molar-refractivity contribution in [1.29, 1.82) is 5.26 Å². The standard InChI is InChI=1S/C8H8.C4H3NO2/c1-2-8-6-4-3-5-7-8;1-3(2-5)4(6)7/h2-7H,1H2;1H2,(H,6,7). The van der Waals surface area contributed by atoms with E-state index in [-0.39, 0.29) is 0 Å². The van der Waals surface area contributed by atoms with Crippen molar-refractivity contribution in [3.8, 4) is 6.07 Å². The average Bonchev–Trinajstić information content (AvgIpc) is 2.29. The molecule has 0 atom stereocenters. The lowest BCUT2D eigenvalue weighted by Crippen LogP contribution is -1.94. The molecule has 0 aliphatic rings. The molecule has 0 amide bonds. The molecule has 0 aliphatic carbocycles. The Labute approximate surface area is 88.6 Å². The highest BCUT2D eigenvalue weighted by molar-refractivity contribution is 5.90. The van der Waals surface area contributed by atoms with Crippen molar-refractivity contribution in [2.45, 2.75) is 0 Å². The summed E-state index contributed by atoms with van der Waals surface area (Å²) in [6, 6.07) is 11.4. The molecule has 1 rings (SSSR count). The van der Waals surface area contributed by atoms with Crippen molar-refractivity contribution in [1.82, 2.24) is 0 Å². The molecular formula is C12H11NO2. The maximum Gasteiger partial charge on any atom is 0.345 e. The second kappa shape index (κ2) is 7.10. The van der Waals surface area contributed by atoms with Crippen LogP contribution in [-0.2, 0) is 4.79 Å². The number of nitriles is 1. The quantitative estimate of drug-likeness (QED) is 0.590. The number of carboxylic acids is 1. The Hall–Kier alpha value is -2.34. The zero-order valence-corrected chi connectivity index (χ0v) is 8.18. The fourth-order valence-corrected chi connectivity index (χ4v) is 0.637. The molecule has 0 radical (unpaired) electrons. The van der Waals surface area contributed by atoms with Gasteiger partial charge in [-0.15, -0.1) is 0 Å². The molecule has 0 fully saturated rings. The van der Waals surface area contributed by atoms with Crippen LogP contribution in [0.2, 0.25) is 0 Å². The molecule has 1 N–H and O–H groups in total. The van der Waals surface area contributed by atoms with E-state index in [1.54, 1.807) is 0 Å². The summed E-state index contributed by atoms with van der Waals surface area (Å²) in [6.45, 7) is 6.54. The third-order valence-electron chi connectivity index (χ3n) is 1.43. The number of rotatable bonds is 2. The first-order chi connectivity index (χ1) is 7.11. The molecule has 1 aromatic carbocycles. The highest BCUT2D eigenvalue weighted by Gasteiger charge is 1.97. The molecule has 15 heavy (non-hydrogen) atoms. The van der Waals surface area contributed by atoms with Crippen LogP contribution in [0, 0.1) is 11.3 Å². The maximum absolute atomic E-state index is 9.61. The Morgan fingerprint density at radius 3 is 2.13 bits per heavy atom. The summed E-state index contributed by atoms with van der Waals surface area (Å²) >= 11 is 0. The average molecular weight is 201 g/mol. The first kappa shape index (κ1) is 12.7. The summed E-state index contributed by atoms with van der Waals surface area (Å²) in [5.74, 6) is -1.26. The van der Waals surface area contributed by atoms with Crippen LogP contribution in [0.25, 0.3) is 6.08 Å².